The number of anilines is 1. The Morgan fingerprint density at radius 2 is 2.08 bits per heavy atom. The van der Waals surface area contributed by atoms with Gasteiger partial charge in [-0.15, -0.1) is 5.10 Å². The average Bonchev–Trinajstić information content (AvgIpc) is 2.96. The maximum absolute atomic E-state index is 6.06. The van der Waals surface area contributed by atoms with E-state index in [1.165, 1.54) is 6.33 Å². The average molecular weight is 345 g/mol. The Morgan fingerprint density at radius 3 is 2.88 bits per heavy atom. The van der Waals surface area contributed by atoms with Crippen LogP contribution in [0.15, 0.2) is 30.6 Å². The molecule has 0 bridgehead atoms. The summed E-state index contributed by atoms with van der Waals surface area (Å²) in [4.78, 5) is 8.46. The Bertz CT molecular complexity index is 874. The summed E-state index contributed by atoms with van der Waals surface area (Å²) in [5, 5.41) is 9.22. The number of hydrogen-bond donors (Lipinski definition) is 2. The Hall–Kier alpha value is -2.38. The molecule has 0 spiro atoms. The molecule has 8 heteroatoms. The predicted molar refractivity (Wildman–Crippen MR) is 92.4 cm³/mol. The standard InChI is InChI=1S/C16H17ClN6O/c17-10-2-1-3-12(8-10)24-16-13-14(18)20-9-21-15(13)23(22-16)11-4-6-19-7-5-11/h1-3,8-9,11,19H,4-7H2,(H2,18,20,21). The lowest BCUT2D eigenvalue weighted by atomic mass is 10.1. The van der Waals surface area contributed by atoms with Gasteiger partial charge in [-0.05, 0) is 44.1 Å². The SMILES string of the molecule is Nc1ncnc2c1c(Oc1cccc(Cl)c1)nn2C1CCNCC1. The summed E-state index contributed by atoms with van der Waals surface area (Å²) in [6, 6.07) is 7.43. The number of piperidine rings is 1. The second-order valence-electron chi connectivity index (χ2n) is 5.75. The molecule has 4 rings (SSSR count). The summed E-state index contributed by atoms with van der Waals surface area (Å²) in [5.74, 6) is 1.36. The zero-order valence-electron chi connectivity index (χ0n) is 12.9. The maximum Gasteiger partial charge on any atom is 0.251 e. The van der Waals surface area contributed by atoms with E-state index in [2.05, 4.69) is 20.4 Å². The largest absolute Gasteiger partial charge is 0.437 e. The smallest absolute Gasteiger partial charge is 0.251 e. The monoisotopic (exact) mass is 344 g/mol. The van der Waals surface area contributed by atoms with Gasteiger partial charge >= 0.3 is 0 Å². The minimum absolute atomic E-state index is 0.264. The Labute approximate surface area is 143 Å². The van der Waals surface area contributed by atoms with Crippen molar-refractivity contribution in [2.24, 2.45) is 0 Å². The molecule has 0 saturated carbocycles. The van der Waals surface area contributed by atoms with Crippen LogP contribution in [-0.2, 0) is 0 Å². The van der Waals surface area contributed by atoms with E-state index >= 15 is 0 Å². The fraction of sp³-hybridized carbons (Fsp3) is 0.312. The van der Waals surface area contributed by atoms with Gasteiger partial charge in [-0.2, -0.15) is 0 Å². The number of benzene rings is 1. The van der Waals surface area contributed by atoms with E-state index in [1.807, 2.05) is 16.8 Å². The summed E-state index contributed by atoms with van der Waals surface area (Å²) in [7, 11) is 0. The van der Waals surface area contributed by atoms with Crippen LogP contribution >= 0.6 is 11.6 Å². The van der Waals surface area contributed by atoms with E-state index < -0.39 is 0 Å². The van der Waals surface area contributed by atoms with Crippen LogP contribution in [-0.4, -0.2) is 32.8 Å². The summed E-state index contributed by atoms with van der Waals surface area (Å²) < 4.78 is 7.84. The molecule has 3 N–H and O–H groups in total. The van der Waals surface area contributed by atoms with Gasteiger partial charge in [-0.1, -0.05) is 17.7 Å². The van der Waals surface area contributed by atoms with E-state index in [4.69, 9.17) is 22.1 Å². The lowest BCUT2D eigenvalue weighted by Gasteiger charge is -2.23. The number of nitrogens with one attached hydrogen (secondary N) is 1. The molecular formula is C16H17ClN6O. The normalized spacial score (nSPS) is 15.7. The molecule has 0 amide bonds. The van der Waals surface area contributed by atoms with E-state index in [9.17, 15) is 0 Å². The molecule has 1 aliphatic rings. The number of aromatic nitrogens is 4. The van der Waals surface area contributed by atoms with Crippen LogP contribution in [0.25, 0.3) is 11.0 Å². The van der Waals surface area contributed by atoms with E-state index in [0.29, 0.717) is 33.5 Å². The van der Waals surface area contributed by atoms with Crippen LogP contribution in [0.4, 0.5) is 5.82 Å². The number of nitrogens with zero attached hydrogens (tertiary/aromatic N) is 4. The number of rotatable bonds is 3. The van der Waals surface area contributed by atoms with Crippen molar-refractivity contribution in [1.29, 1.82) is 0 Å². The van der Waals surface area contributed by atoms with Gasteiger partial charge in [0.2, 0.25) is 0 Å². The number of halogens is 1. The predicted octanol–water partition coefficient (Wildman–Crippen LogP) is 2.78. The second kappa shape index (κ2) is 6.26. The Balaban J connectivity index is 1.79. The summed E-state index contributed by atoms with van der Waals surface area (Å²) in [6.45, 7) is 1.91. The van der Waals surface area contributed by atoms with Gasteiger partial charge < -0.3 is 15.8 Å². The molecule has 124 valence electrons. The van der Waals surface area contributed by atoms with Crippen LogP contribution in [0, 0.1) is 0 Å². The summed E-state index contributed by atoms with van der Waals surface area (Å²) in [5.41, 5.74) is 6.76. The molecule has 24 heavy (non-hydrogen) atoms. The van der Waals surface area contributed by atoms with Crippen LogP contribution < -0.4 is 15.8 Å². The first-order chi connectivity index (χ1) is 11.7. The van der Waals surface area contributed by atoms with Crippen molar-refractivity contribution in [2.45, 2.75) is 18.9 Å². The number of hydrogen-bond acceptors (Lipinski definition) is 6. The zero-order chi connectivity index (χ0) is 16.5. The molecule has 0 radical (unpaired) electrons. The van der Waals surface area contributed by atoms with Crippen molar-refractivity contribution in [3.8, 4) is 11.6 Å². The highest BCUT2D eigenvalue weighted by Gasteiger charge is 2.23. The zero-order valence-corrected chi connectivity index (χ0v) is 13.7. The van der Waals surface area contributed by atoms with Gasteiger partial charge in [-0.3, -0.25) is 0 Å². The Morgan fingerprint density at radius 1 is 1.25 bits per heavy atom. The van der Waals surface area contributed by atoms with Gasteiger partial charge in [0.15, 0.2) is 5.65 Å². The quantitative estimate of drug-likeness (QED) is 0.759. The molecule has 1 saturated heterocycles. The highest BCUT2D eigenvalue weighted by molar-refractivity contribution is 6.30. The van der Waals surface area contributed by atoms with Gasteiger partial charge in [-0.25, -0.2) is 14.6 Å². The molecule has 0 aliphatic carbocycles. The van der Waals surface area contributed by atoms with E-state index in [0.717, 1.165) is 25.9 Å². The number of ether oxygens (including phenoxy) is 1. The third-order valence-electron chi connectivity index (χ3n) is 4.15. The van der Waals surface area contributed by atoms with Crippen molar-refractivity contribution in [1.82, 2.24) is 25.1 Å². The summed E-state index contributed by atoms with van der Waals surface area (Å²) in [6.07, 6.45) is 3.43. The van der Waals surface area contributed by atoms with Crippen molar-refractivity contribution in [2.75, 3.05) is 18.8 Å². The van der Waals surface area contributed by atoms with Crippen molar-refractivity contribution in [3.05, 3.63) is 35.6 Å². The molecule has 1 aliphatic heterocycles. The lowest BCUT2D eigenvalue weighted by Crippen LogP contribution is -2.30. The topological polar surface area (TPSA) is 90.9 Å². The highest BCUT2D eigenvalue weighted by atomic mass is 35.5. The van der Waals surface area contributed by atoms with Gasteiger partial charge in [0.1, 0.15) is 23.3 Å². The molecular weight excluding hydrogens is 328 g/mol. The van der Waals surface area contributed by atoms with E-state index in [1.54, 1.807) is 12.1 Å². The number of fused-ring (bicyclic) bond motifs is 1. The fourth-order valence-corrected chi connectivity index (χ4v) is 3.16. The molecule has 0 unspecified atom stereocenters. The first-order valence-electron chi connectivity index (χ1n) is 7.85. The van der Waals surface area contributed by atoms with Gasteiger partial charge in [0.05, 0.1) is 6.04 Å². The van der Waals surface area contributed by atoms with Crippen LogP contribution in [0.1, 0.15) is 18.9 Å². The minimum atomic E-state index is 0.264. The fourth-order valence-electron chi connectivity index (χ4n) is 2.98. The molecule has 3 heterocycles. The van der Waals surface area contributed by atoms with E-state index in [-0.39, 0.29) is 6.04 Å². The molecule has 0 atom stereocenters. The van der Waals surface area contributed by atoms with Crippen molar-refractivity contribution < 1.29 is 4.74 Å². The van der Waals surface area contributed by atoms with Crippen molar-refractivity contribution in [3.63, 3.8) is 0 Å². The molecule has 3 aromatic rings. The highest BCUT2D eigenvalue weighted by Crippen LogP contribution is 2.34. The van der Waals surface area contributed by atoms with Crippen molar-refractivity contribution >= 4 is 28.5 Å². The van der Waals surface area contributed by atoms with Crippen LogP contribution in [0.5, 0.6) is 11.6 Å². The van der Waals surface area contributed by atoms with Gasteiger partial charge in [0, 0.05) is 5.02 Å². The third-order valence-corrected chi connectivity index (χ3v) is 4.39. The van der Waals surface area contributed by atoms with Gasteiger partial charge in [0.25, 0.3) is 5.88 Å². The second-order valence-corrected chi connectivity index (χ2v) is 6.18. The van der Waals surface area contributed by atoms with Crippen LogP contribution in [0.3, 0.4) is 0 Å². The first-order valence-corrected chi connectivity index (χ1v) is 8.23. The summed E-state index contributed by atoms with van der Waals surface area (Å²) >= 11 is 6.03. The third kappa shape index (κ3) is 2.76. The molecule has 2 aromatic heterocycles. The molecule has 1 fully saturated rings. The molecule has 7 nitrogen and oxygen atoms in total. The Kier molecular flexibility index (Phi) is 3.95. The number of nitrogens with two attached hydrogens (primary N) is 1. The van der Waals surface area contributed by atoms with Crippen LogP contribution in [0.2, 0.25) is 5.02 Å². The first kappa shape index (κ1) is 15.2. The number of nitrogen functional groups attached to an aromatic ring is 1. The maximum atomic E-state index is 6.06. The molecule has 1 aromatic carbocycles. The lowest BCUT2D eigenvalue weighted by molar-refractivity contribution is 0.340. The minimum Gasteiger partial charge on any atom is -0.437 e.